The van der Waals surface area contributed by atoms with Crippen molar-refractivity contribution in [1.82, 2.24) is 15.1 Å². The van der Waals surface area contributed by atoms with Crippen LogP contribution >= 0.6 is 0 Å². The molecule has 2 amide bonds. The quantitative estimate of drug-likeness (QED) is 0.847. The second kappa shape index (κ2) is 6.35. The van der Waals surface area contributed by atoms with E-state index in [1.54, 1.807) is 5.06 Å². The summed E-state index contributed by atoms with van der Waals surface area (Å²) in [6.45, 7) is 1.07. The Morgan fingerprint density at radius 2 is 2.07 bits per heavy atom. The SMILES string of the molecule is NC1(Cc2cc(C3CCC4CN3C(=O)N4OCc3ccccc3)no2)CC1. The van der Waals surface area contributed by atoms with Crippen molar-refractivity contribution in [2.45, 2.75) is 56.3 Å². The van der Waals surface area contributed by atoms with Gasteiger partial charge in [0.25, 0.3) is 0 Å². The molecule has 2 N–H and O–H groups in total. The summed E-state index contributed by atoms with van der Waals surface area (Å²) in [5.74, 6) is 0.816. The topological polar surface area (TPSA) is 84.8 Å². The number of rotatable bonds is 6. The van der Waals surface area contributed by atoms with Crippen molar-refractivity contribution in [3.63, 3.8) is 0 Å². The molecule has 0 spiro atoms. The van der Waals surface area contributed by atoms with Gasteiger partial charge in [-0.1, -0.05) is 35.5 Å². The lowest BCUT2D eigenvalue weighted by Gasteiger charge is -2.28. The van der Waals surface area contributed by atoms with Gasteiger partial charge in [-0.05, 0) is 31.2 Å². The number of hydrogen-bond acceptors (Lipinski definition) is 5. The van der Waals surface area contributed by atoms with E-state index in [0.717, 1.165) is 49.1 Å². The zero-order valence-corrected chi connectivity index (χ0v) is 15.2. The standard InChI is InChI=1S/C20H24N4O3/c21-20(8-9-20)11-16-10-17(22-27-16)18-7-6-15-12-23(18)19(25)24(15)26-13-14-4-2-1-3-5-14/h1-5,10,15,18H,6-9,11-13,21H2. The summed E-state index contributed by atoms with van der Waals surface area (Å²) in [4.78, 5) is 20.6. The third kappa shape index (κ3) is 3.21. The van der Waals surface area contributed by atoms with Crippen molar-refractivity contribution in [1.29, 1.82) is 0 Å². The first-order valence-electron chi connectivity index (χ1n) is 9.62. The van der Waals surface area contributed by atoms with Crippen LogP contribution in [-0.2, 0) is 17.9 Å². The lowest BCUT2D eigenvalue weighted by molar-refractivity contribution is -0.140. The third-order valence-corrected chi connectivity index (χ3v) is 5.87. The maximum Gasteiger partial charge on any atom is 0.344 e. The molecule has 1 aliphatic carbocycles. The Morgan fingerprint density at radius 3 is 2.85 bits per heavy atom. The number of hydroxylamine groups is 2. The Kier molecular flexibility index (Phi) is 3.94. The number of nitrogens with two attached hydrogens (primary N) is 1. The number of benzene rings is 1. The molecule has 142 valence electrons. The van der Waals surface area contributed by atoms with E-state index in [4.69, 9.17) is 15.1 Å². The maximum atomic E-state index is 12.9. The third-order valence-electron chi connectivity index (χ3n) is 5.87. The fraction of sp³-hybridized carbons (Fsp3) is 0.500. The molecule has 2 atom stereocenters. The van der Waals surface area contributed by atoms with Crippen LogP contribution < -0.4 is 5.73 Å². The Hall–Kier alpha value is -2.38. The molecule has 3 fully saturated rings. The molecule has 2 unspecified atom stereocenters. The Balaban J connectivity index is 1.26. The highest BCUT2D eigenvalue weighted by Crippen LogP contribution is 2.40. The van der Waals surface area contributed by atoms with Gasteiger partial charge in [0.15, 0.2) is 0 Å². The highest BCUT2D eigenvalue weighted by molar-refractivity contribution is 5.77. The number of hydrogen-bond donors (Lipinski definition) is 1. The van der Waals surface area contributed by atoms with E-state index in [9.17, 15) is 4.79 Å². The number of urea groups is 1. The first-order valence-corrected chi connectivity index (χ1v) is 9.62. The molecule has 2 bridgehead atoms. The predicted octanol–water partition coefficient (Wildman–Crippen LogP) is 2.78. The zero-order chi connectivity index (χ0) is 18.4. The van der Waals surface area contributed by atoms with Gasteiger partial charge in [-0.15, -0.1) is 0 Å². The molecular formula is C20H24N4O3. The van der Waals surface area contributed by atoms with E-state index >= 15 is 0 Å². The molecule has 2 saturated heterocycles. The average molecular weight is 368 g/mol. The van der Waals surface area contributed by atoms with Gasteiger partial charge in [0.1, 0.15) is 18.1 Å². The van der Waals surface area contributed by atoms with E-state index in [0.29, 0.717) is 13.2 Å². The van der Waals surface area contributed by atoms with Crippen LogP contribution in [0.5, 0.6) is 0 Å². The second-order valence-corrected chi connectivity index (χ2v) is 8.02. The van der Waals surface area contributed by atoms with Crippen LogP contribution in [0.3, 0.4) is 0 Å². The number of carbonyl (C=O) groups excluding carboxylic acids is 1. The lowest BCUT2D eigenvalue weighted by atomic mass is 9.98. The van der Waals surface area contributed by atoms with E-state index in [1.807, 2.05) is 41.3 Å². The normalized spacial score (nSPS) is 25.9. The van der Waals surface area contributed by atoms with Gasteiger partial charge in [-0.2, -0.15) is 5.06 Å². The largest absolute Gasteiger partial charge is 0.361 e. The molecule has 3 aliphatic rings. The number of fused-ring (bicyclic) bond motifs is 2. The molecule has 1 saturated carbocycles. The summed E-state index contributed by atoms with van der Waals surface area (Å²) in [5.41, 5.74) is 7.94. The van der Waals surface area contributed by atoms with Crippen molar-refractivity contribution >= 4 is 6.03 Å². The van der Waals surface area contributed by atoms with Gasteiger partial charge >= 0.3 is 6.03 Å². The van der Waals surface area contributed by atoms with Crippen LogP contribution in [0.25, 0.3) is 0 Å². The van der Waals surface area contributed by atoms with Gasteiger partial charge in [-0.25, -0.2) is 4.79 Å². The molecule has 1 aromatic heterocycles. The fourth-order valence-electron chi connectivity index (χ4n) is 4.08. The van der Waals surface area contributed by atoms with E-state index < -0.39 is 0 Å². The molecule has 7 heteroatoms. The maximum absolute atomic E-state index is 12.9. The van der Waals surface area contributed by atoms with Crippen molar-refractivity contribution < 1.29 is 14.2 Å². The number of carbonyl (C=O) groups is 1. The van der Waals surface area contributed by atoms with E-state index in [2.05, 4.69) is 5.16 Å². The predicted molar refractivity (Wildman–Crippen MR) is 97.3 cm³/mol. The van der Waals surface area contributed by atoms with Gasteiger partial charge < -0.3 is 15.2 Å². The summed E-state index contributed by atoms with van der Waals surface area (Å²) in [6.07, 6.45) is 4.54. The minimum Gasteiger partial charge on any atom is -0.361 e. The number of piperidine rings is 1. The van der Waals surface area contributed by atoms with Crippen LogP contribution in [0.1, 0.15) is 48.7 Å². The summed E-state index contributed by atoms with van der Waals surface area (Å²) >= 11 is 0. The highest BCUT2D eigenvalue weighted by atomic mass is 16.7. The minimum absolute atomic E-state index is 0.0514. The molecule has 27 heavy (non-hydrogen) atoms. The molecule has 2 aliphatic heterocycles. The van der Waals surface area contributed by atoms with Crippen LogP contribution in [0.2, 0.25) is 0 Å². The van der Waals surface area contributed by atoms with Crippen molar-refractivity contribution in [2.24, 2.45) is 5.73 Å². The van der Waals surface area contributed by atoms with Crippen molar-refractivity contribution in [2.75, 3.05) is 6.54 Å². The summed E-state index contributed by atoms with van der Waals surface area (Å²) in [7, 11) is 0. The lowest BCUT2D eigenvalue weighted by Crippen LogP contribution is -2.34. The minimum atomic E-state index is -0.111. The van der Waals surface area contributed by atoms with Crippen molar-refractivity contribution in [3.8, 4) is 0 Å². The van der Waals surface area contributed by atoms with E-state index in [1.165, 1.54) is 0 Å². The van der Waals surface area contributed by atoms with Crippen LogP contribution in [0.15, 0.2) is 40.9 Å². The molecule has 7 nitrogen and oxygen atoms in total. The van der Waals surface area contributed by atoms with E-state index in [-0.39, 0.29) is 23.7 Å². The summed E-state index contributed by atoms with van der Waals surface area (Å²) < 4.78 is 5.49. The van der Waals surface area contributed by atoms with Crippen LogP contribution in [-0.4, -0.2) is 39.3 Å². The zero-order valence-electron chi connectivity index (χ0n) is 15.2. The monoisotopic (exact) mass is 368 g/mol. The Bertz CT molecular complexity index is 833. The number of amides is 2. The van der Waals surface area contributed by atoms with Gasteiger partial charge in [-0.3, -0.25) is 4.84 Å². The van der Waals surface area contributed by atoms with Crippen LogP contribution in [0, 0.1) is 0 Å². The molecular weight excluding hydrogens is 344 g/mol. The first-order chi connectivity index (χ1) is 13.1. The van der Waals surface area contributed by atoms with Gasteiger partial charge in [0, 0.05) is 24.6 Å². The number of aromatic nitrogens is 1. The second-order valence-electron chi connectivity index (χ2n) is 8.02. The van der Waals surface area contributed by atoms with Crippen molar-refractivity contribution in [3.05, 3.63) is 53.4 Å². The summed E-state index contributed by atoms with van der Waals surface area (Å²) in [5, 5.41) is 5.79. The van der Waals surface area contributed by atoms with Gasteiger partial charge in [0.2, 0.25) is 0 Å². The summed E-state index contributed by atoms with van der Waals surface area (Å²) in [6, 6.07) is 11.8. The first kappa shape index (κ1) is 16.8. The van der Waals surface area contributed by atoms with Crippen LogP contribution in [0.4, 0.5) is 4.79 Å². The molecule has 1 aromatic carbocycles. The van der Waals surface area contributed by atoms with Gasteiger partial charge in [0.05, 0.1) is 12.1 Å². The Morgan fingerprint density at radius 1 is 1.26 bits per heavy atom. The Labute approximate surface area is 158 Å². The highest BCUT2D eigenvalue weighted by Gasteiger charge is 2.47. The molecule has 3 heterocycles. The fourth-order valence-corrected chi connectivity index (χ4v) is 4.08. The molecule has 2 aromatic rings. The average Bonchev–Trinajstić information content (AvgIpc) is 3.14. The molecule has 0 radical (unpaired) electrons. The smallest absolute Gasteiger partial charge is 0.344 e. The molecule has 5 rings (SSSR count). The number of nitrogens with zero attached hydrogens (tertiary/aromatic N) is 3.